The summed E-state index contributed by atoms with van der Waals surface area (Å²) in [6.07, 6.45) is 6.26. The normalized spacial score (nSPS) is 17.3. The second kappa shape index (κ2) is 3.09. The summed E-state index contributed by atoms with van der Waals surface area (Å²) in [5.74, 6) is 0. The van der Waals surface area contributed by atoms with Crippen LogP contribution in [0, 0.1) is 6.92 Å². The molecule has 3 rings (SSSR count). The molecule has 17 heavy (non-hydrogen) atoms. The highest BCUT2D eigenvalue weighted by molar-refractivity contribution is 5.96. The maximum atomic E-state index is 12.4. The highest BCUT2D eigenvalue weighted by Gasteiger charge is 2.40. The lowest BCUT2D eigenvalue weighted by Crippen LogP contribution is -2.28. The van der Waals surface area contributed by atoms with Crippen molar-refractivity contribution in [1.82, 2.24) is 9.55 Å². The van der Waals surface area contributed by atoms with Crippen LogP contribution in [0.15, 0.2) is 17.2 Å². The first-order valence-electron chi connectivity index (χ1n) is 5.76. The average molecular weight is 230 g/mol. The third-order valence-electron chi connectivity index (χ3n) is 3.75. The third kappa shape index (κ3) is 1.30. The van der Waals surface area contributed by atoms with Gasteiger partial charge >= 0.3 is 0 Å². The molecule has 4 heteroatoms. The van der Waals surface area contributed by atoms with Gasteiger partial charge in [-0.15, -0.1) is 0 Å². The van der Waals surface area contributed by atoms with Crippen LogP contribution in [0.3, 0.4) is 0 Å². The Morgan fingerprint density at radius 2 is 2.18 bits per heavy atom. The van der Waals surface area contributed by atoms with Crippen LogP contribution in [0.5, 0.6) is 0 Å². The second-order valence-electron chi connectivity index (χ2n) is 5.10. The lowest BCUT2D eigenvalue weighted by Gasteiger charge is -2.14. The lowest BCUT2D eigenvalue weighted by atomic mass is 10.1. The molecule has 0 bridgehead atoms. The van der Waals surface area contributed by atoms with Gasteiger partial charge in [0, 0.05) is 17.9 Å². The number of fused-ring (bicyclic) bond motifs is 1. The van der Waals surface area contributed by atoms with Crippen LogP contribution >= 0.6 is 0 Å². The van der Waals surface area contributed by atoms with Gasteiger partial charge in [0.05, 0.1) is 16.5 Å². The van der Waals surface area contributed by atoms with Crippen LogP contribution < -0.4 is 5.56 Å². The monoisotopic (exact) mass is 230 g/mol. The molecule has 88 valence electrons. The topological polar surface area (TPSA) is 54.9 Å². The van der Waals surface area contributed by atoms with Crippen molar-refractivity contribution in [1.29, 1.82) is 0 Å². The molecule has 2 aromatic rings. The number of aromatic amines is 1. The van der Waals surface area contributed by atoms with Gasteiger partial charge in [-0.1, -0.05) is 0 Å². The summed E-state index contributed by atoms with van der Waals surface area (Å²) in [5, 5.41) is 0.641. The first kappa shape index (κ1) is 10.3. The highest BCUT2D eigenvalue weighted by atomic mass is 16.1. The molecule has 1 N–H and O–H groups in total. The Labute approximate surface area is 98.3 Å². The largest absolute Gasteiger partial charge is 0.360 e. The molecular formula is C13H14N2O2. The Bertz CT molecular complexity index is 675. The molecule has 0 aromatic carbocycles. The van der Waals surface area contributed by atoms with E-state index in [1.54, 1.807) is 17.0 Å². The number of hydrogen-bond acceptors (Lipinski definition) is 2. The number of nitrogens with one attached hydrogen (secondary N) is 1. The van der Waals surface area contributed by atoms with E-state index in [1.807, 2.05) is 6.92 Å². The van der Waals surface area contributed by atoms with Crippen molar-refractivity contribution in [2.45, 2.75) is 32.2 Å². The van der Waals surface area contributed by atoms with E-state index in [2.05, 4.69) is 11.9 Å². The van der Waals surface area contributed by atoms with Gasteiger partial charge < -0.3 is 9.55 Å². The Morgan fingerprint density at radius 1 is 1.47 bits per heavy atom. The molecule has 0 saturated heterocycles. The van der Waals surface area contributed by atoms with Gasteiger partial charge in [-0.2, -0.15) is 0 Å². The van der Waals surface area contributed by atoms with Crippen molar-refractivity contribution >= 4 is 17.2 Å². The fourth-order valence-electron chi connectivity index (χ4n) is 2.32. The van der Waals surface area contributed by atoms with Crippen molar-refractivity contribution in [2.75, 3.05) is 0 Å². The van der Waals surface area contributed by atoms with Crippen LogP contribution in [-0.4, -0.2) is 15.8 Å². The number of carbonyl (C=O) groups excluding carboxylic acids is 1. The summed E-state index contributed by atoms with van der Waals surface area (Å²) >= 11 is 0. The molecule has 1 saturated carbocycles. The zero-order valence-corrected chi connectivity index (χ0v) is 9.91. The minimum atomic E-state index is -0.0905. The summed E-state index contributed by atoms with van der Waals surface area (Å²) in [4.78, 5) is 26.5. The fraction of sp³-hybridized carbons (Fsp3) is 0.385. The van der Waals surface area contributed by atoms with Crippen molar-refractivity contribution in [3.05, 3.63) is 33.9 Å². The number of aldehydes is 1. The minimum Gasteiger partial charge on any atom is -0.360 e. The molecule has 4 nitrogen and oxygen atoms in total. The van der Waals surface area contributed by atoms with E-state index in [0.717, 1.165) is 24.7 Å². The molecule has 1 aliphatic rings. The maximum absolute atomic E-state index is 12.4. The number of nitrogens with zero attached hydrogens (tertiary/aromatic N) is 1. The van der Waals surface area contributed by atoms with Crippen molar-refractivity contribution in [3.8, 4) is 0 Å². The van der Waals surface area contributed by atoms with Crippen LogP contribution in [0.1, 0.15) is 35.7 Å². The van der Waals surface area contributed by atoms with E-state index in [9.17, 15) is 9.59 Å². The first-order valence-corrected chi connectivity index (χ1v) is 5.76. The van der Waals surface area contributed by atoms with Crippen molar-refractivity contribution in [2.24, 2.45) is 0 Å². The van der Waals surface area contributed by atoms with Crippen LogP contribution in [-0.2, 0) is 5.54 Å². The van der Waals surface area contributed by atoms with E-state index in [0.29, 0.717) is 16.5 Å². The highest BCUT2D eigenvalue weighted by Crippen LogP contribution is 2.42. The predicted octanol–water partition coefficient (Wildman–Crippen LogP) is 1.96. The molecule has 0 amide bonds. The zero-order chi connectivity index (χ0) is 12.2. The maximum Gasteiger partial charge on any atom is 0.260 e. The van der Waals surface area contributed by atoms with Gasteiger partial charge in [-0.05, 0) is 32.3 Å². The number of aryl methyl sites for hydroxylation is 1. The summed E-state index contributed by atoms with van der Waals surface area (Å²) < 4.78 is 1.72. The molecule has 0 unspecified atom stereocenters. The average Bonchev–Trinajstić information content (AvgIpc) is 2.92. The zero-order valence-electron chi connectivity index (χ0n) is 9.91. The first-order chi connectivity index (χ1) is 8.07. The lowest BCUT2D eigenvalue weighted by molar-refractivity contribution is 0.112. The predicted molar refractivity (Wildman–Crippen MR) is 65.6 cm³/mol. The number of rotatable bonds is 2. The summed E-state index contributed by atoms with van der Waals surface area (Å²) in [6, 6.07) is 0. The van der Waals surface area contributed by atoms with E-state index < -0.39 is 0 Å². The Balaban J connectivity index is 2.46. The molecule has 0 spiro atoms. The molecule has 0 atom stereocenters. The fourth-order valence-corrected chi connectivity index (χ4v) is 2.32. The van der Waals surface area contributed by atoms with Crippen LogP contribution in [0.4, 0.5) is 0 Å². The van der Waals surface area contributed by atoms with Crippen LogP contribution in [0.25, 0.3) is 10.9 Å². The molecule has 2 heterocycles. The van der Waals surface area contributed by atoms with Crippen molar-refractivity contribution < 1.29 is 4.79 Å². The summed E-state index contributed by atoms with van der Waals surface area (Å²) in [7, 11) is 0. The van der Waals surface area contributed by atoms with Crippen molar-refractivity contribution in [3.63, 3.8) is 0 Å². The Kier molecular flexibility index (Phi) is 1.88. The molecular weight excluding hydrogens is 216 g/mol. The molecule has 2 aromatic heterocycles. The molecule has 0 aliphatic heterocycles. The second-order valence-corrected chi connectivity index (χ2v) is 5.10. The number of hydrogen-bond donors (Lipinski definition) is 1. The van der Waals surface area contributed by atoms with E-state index >= 15 is 0 Å². The summed E-state index contributed by atoms with van der Waals surface area (Å²) in [5.41, 5.74) is 2.02. The molecule has 1 aliphatic carbocycles. The molecule has 1 fully saturated rings. The van der Waals surface area contributed by atoms with E-state index in [1.165, 1.54) is 0 Å². The number of pyridine rings is 1. The van der Waals surface area contributed by atoms with E-state index in [4.69, 9.17) is 0 Å². The third-order valence-corrected chi connectivity index (χ3v) is 3.75. The van der Waals surface area contributed by atoms with Gasteiger partial charge in [0.15, 0.2) is 6.29 Å². The van der Waals surface area contributed by atoms with Gasteiger partial charge in [-0.25, -0.2) is 0 Å². The van der Waals surface area contributed by atoms with Crippen LogP contribution in [0.2, 0.25) is 0 Å². The SMILES string of the molecule is Cc1c[nH]c2c(C=O)cn(C3(C)CC3)c(=O)c12. The number of carbonyl (C=O) groups is 1. The summed E-state index contributed by atoms with van der Waals surface area (Å²) in [6.45, 7) is 3.94. The van der Waals surface area contributed by atoms with Gasteiger partial charge in [0.25, 0.3) is 5.56 Å². The van der Waals surface area contributed by atoms with Gasteiger partial charge in [0.2, 0.25) is 0 Å². The molecule has 0 radical (unpaired) electrons. The smallest absolute Gasteiger partial charge is 0.260 e. The van der Waals surface area contributed by atoms with Gasteiger partial charge in [0.1, 0.15) is 0 Å². The number of aromatic nitrogens is 2. The quantitative estimate of drug-likeness (QED) is 0.802. The number of H-pyrrole nitrogens is 1. The van der Waals surface area contributed by atoms with E-state index in [-0.39, 0.29) is 11.1 Å². The standard InChI is InChI=1S/C13H14N2O2/c1-8-5-14-11-9(7-16)6-15(12(17)10(8)11)13(2)3-4-13/h5-7,14H,3-4H2,1-2H3. The van der Waals surface area contributed by atoms with Gasteiger partial charge in [-0.3, -0.25) is 9.59 Å². The Hall–Kier alpha value is -1.84. The Morgan fingerprint density at radius 3 is 2.76 bits per heavy atom. The minimum absolute atomic E-state index is 0.00403.